The lowest BCUT2D eigenvalue weighted by Crippen LogP contribution is -2.31. The number of rotatable bonds is 1. The van der Waals surface area contributed by atoms with Gasteiger partial charge in [-0.3, -0.25) is 9.52 Å². The zero-order valence-corrected chi connectivity index (χ0v) is 19.6. The van der Waals surface area contributed by atoms with E-state index < -0.39 is 34.3 Å². The number of anilines is 1. The summed E-state index contributed by atoms with van der Waals surface area (Å²) in [7, 11) is 0.728. The second-order valence-electron chi connectivity index (χ2n) is 7.42. The van der Waals surface area contributed by atoms with Gasteiger partial charge in [-0.15, -0.1) is 0 Å². The highest BCUT2D eigenvalue weighted by atomic mass is 35.5. The molecule has 0 fully saturated rings. The number of amides is 1. The van der Waals surface area contributed by atoms with Crippen LogP contribution < -0.4 is 14.2 Å². The Morgan fingerprint density at radius 1 is 1.15 bits per heavy atom. The Morgan fingerprint density at radius 3 is 2.65 bits per heavy atom. The fourth-order valence-corrected chi connectivity index (χ4v) is 4.68. The number of nitrogens with zero attached hydrogens (tertiary/aromatic N) is 1. The van der Waals surface area contributed by atoms with Crippen molar-refractivity contribution in [1.29, 1.82) is 0 Å². The minimum atomic E-state index is -2.25. The van der Waals surface area contributed by atoms with E-state index in [9.17, 15) is 22.9 Å². The first-order chi connectivity index (χ1) is 16.2. The van der Waals surface area contributed by atoms with Gasteiger partial charge in [-0.05, 0) is 36.4 Å². The summed E-state index contributed by atoms with van der Waals surface area (Å²) in [6, 6.07) is 8.95. The van der Waals surface area contributed by atoms with Gasteiger partial charge in [-0.25, -0.2) is 13.0 Å². The maximum absolute atomic E-state index is 14.9. The second kappa shape index (κ2) is 9.47. The van der Waals surface area contributed by atoms with E-state index in [1.807, 2.05) is 0 Å². The molecule has 3 aromatic rings. The average molecular weight is 509 g/mol. The lowest BCUT2D eigenvalue weighted by atomic mass is 10.0. The summed E-state index contributed by atoms with van der Waals surface area (Å²) in [5, 5.41) is 10.1. The molecule has 1 unspecified atom stereocenters. The number of hydrogen-bond acceptors (Lipinski definition) is 5. The Morgan fingerprint density at radius 2 is 1.91 bits per heavy atom. The summed E-state index contributed by atoms with van der Waals surface area (Å²) in [6.45, 7) is 0.205. The van der Waals surface area contributed by atoms with Crippen LogP contribution in [0.3, 0.4) is 0 Å². The van der Waals surface area contributed by atoms with Gasteiger partial charge in [0.1, 0.15) is 34.6 Å². The number of phenolic OH excluding ortho intramolecular Hbond substituents is 1. The molecule has 7 nitrogen and oxygen atoms in total. The van der Waals surface area contributed by atoms with Crippen molar-refractivity contribution >= 4 is 34.2 Å². The Bertz CT molecular complexity index is 1320. The van der Waals surface area contributed by atoms with E-state index in [1.54, 1.807) is 12.1 Å². The molecule has 178 valence electrons. The predicted octanol–water partition coefficient (Wildman–Crippen LogP) is 4.60. The van der Waals surface area contributed by atoms with Gasteiger partial charge in [-0.1, -0.05) is 11.6 Å². The van der Waals surface area contributed by atoms with E-state index >= 15 is 0 Å². The van der Waals surface area contributed by atoms with Gasteiger partial charge in [0.25, 0.3) is 5.91 Å². The lowest BCUT2D eigenvalue weighted by molar-refractivity contribution is 0.0773. The molecule has 11 heteroatoms. The normalized spacial score (nSPS) is 16.0. The molecule has 0 saturated carbocycles. The number of carbonyl (C=O) groups excluding carboxylic acids is 1. The molecule has 4 rings (SSSR count). The van der Waals surface area contributed by atoms with Crippen molar-refractivity contribution in [2.24, 2.45) is 0 Å². The summed E-state index contributed by atoms with van der Waals surface area (Å²) in [5.41, 5.74) is -0.00966. The van der Waals surface area contributed by atoms with Crippen molar-refractivity contribution < 1.29 is 32.4 Å². The van der Waals surface area contributed by atoms with Crippen LogP contribution in [0.25, 0.3) is 11.1 Å². The molecule has 34 heavy (non-hydrogen) atoms. The molecular weight excluding hydrogens is 490 g/mol. The quantitative estimate of drug-likeness (QED) is 0.501. The fraction of sp³-hybridized carbons (Fsp3) is 0.174. The van der Waals surface area contributed by atoms with Gasteiger partial charge in [-0.2, -0.15) is 0 Å². The molecule has 0 spiro atoms. The number of ether oxygens (including phenoxy) is 2. The number of nitrogens with one attached hydrogen (secondary N) is 1. The first-order valence-electron chi connectivity index (χ1n) is 9.96. The topological polar surface area (TPSA) is 88.1 Å². The maximum atomic E-state index is 14.9. The average Bonchev–Trinajstić information content (AvgIpc) is 2.81. The minimum absolute atomic E-state index is 0.0369. The first-order valence-corrected chi connectivity index (χ1v) is 11.5. The van der Waals surface area contributed by atoms with Crippen LogP contribution in [0.2, 0.25) is 5.02 Å². The fourth-order valence-electron chi connectivity index (χ4n) is 3.41. The van der Waals surface area contributed by atoms with Crippen LogP contribution in [0.5, 0.6) is 17.2 Å². The van der Waals surface area contributed by atoms with Crippen molar-refractivity contribution in [1.82, 2.24) is 4.90 Å². The van der Waals surface area contributed by atoms with Crippen LogP contribution in [0.1, 0.15) is 10.4 Å². The third-order valence-electron chi connectivity index (χ3n) is 5.24. The third-order valence-corrected chi connectivity index (χ3v) is 6.65. The SMILES string of the molecule is COc1ccc2c(c1)-c1cc(c(F)cc1F)NS(=O)c1cc(cc(Cl)c1O)C(=O)N(C)CCO2. The number of halogens is 3. The summed E-state index contributed by atoms with van der Waals surface area (Å²) in [5.74, 6) is -2.21. The van der Waals surface area contributed by atoms with E-state index in [2.05, 4.69) is 4.72 Å². The van der Waals surface area contributed by atoms with Crippen molar-refractivity contribution in [2.75, 3.05) is 32.0 Å². The number of phenols is 1. The number of fused-ring (bicyclic) bond motifs is 6. The van der Waals surface area contributed by atoms with Gasteiger partial charge in [0.2, 0.25) is 0 Å². The van der Waals surface area contributed by atoms with Crippen molar-refractivity contribution in [3.8, 4) is 28.4 Å². The molecule has 1 amide bonds. The van der Waals surface area contributed by atoms with Crippen LogP contribution in [-0.2, 0) is 11.0 Å². The summed E-state index contributed by atoms with van der Waals surface area (Å²) in [6.07, 6.45) is 0. The minimum Gasteiger partial charge on any atom is -0.505 e. The Hall–Kier alpha value is -3.37. The lowest BCUT2D eigenvalue weighted by Gasteiger charge is -2.19. The number of likely N-dealkylation sites (N-methyl/N-ethyl adjacent to an activating group) is 1. The monoisotopic (exact) mass is 508 g/mol. The standard InChI is InChI=1S/C23H19ClF2N2O5S/c1-28-5-6-33-20-4-3-13(32-2)9-15(20)14-10-19(18(26)11-17(14)25)27-34(31)21-8-12(23(28)30)7-16(24)22(21)29/h3-4,7-11,27,29H,5-6H2,1-2H3. The summed E-state index contributed by atoms with van der Waals surface area (Å²) < 4.78 is 56.0. The van der Waals surface area contributed by atoms with Crippen LogP contribution in [0.4, 0.5) is 14.5 Å². The Kier molecular flexibility index (Phi) is 6.63. The van der Waals surface area contributed by atoms with Gasteiger partial charge in [0.05, 0.1) is 24.4 Å². The number of methoxy groups -OCH3 is 1. The third kappa shape index (κ3) is 4.51. The van der Waals surface area contributed by atoms with Crippen LogP contribution in [0.15, 0.2) is 47.4 Å². The second-order valence-corrected chi connectivity index (χ2v) is 9.01. The number of hydrogen-bond donors (Lipinski definition) is 2. The van der Waals surface area contributed by atoms with Crippen LogP contribution in [-0.4, -0.2) is 47.4 Å². The van der Waals surface area contributed by atoms with Crippen LogP contribution in [0, 0.1) is 11.6 Å². The molecule has 1 aliphatic rings. The zero-order chi connectivity index (χ0) is 24.6. The van der Waals surface area contributed by atoms with E-state index in [1.165, 1.54) is 37.3 Å². The molecule has 1 atom stereocenters. The van der Waals surface area contributed by atoms with Gasteiger partial charge in [0.15, 0.2) is 16.7 Å². The van der Waals surface area contributed by atoms with Gasteiger partial charge < -0.3 is 19.5 Å². The van der Waals surface area contributed by atoms with E-state index in [4.69, 9.17) is 21.1 Å². The van der Waals surface area contributed by atoms with E-state index in [-0.39, 0.29) is 51.2 Å². The highest BCUT2D eigenvalue weighted by Crippen LogP contribution is 2.38. The van der Waals surface area contributed by atoms with E-state index in [0.717, 1.165) is 6.07 Å². The molecule has 0 aliphatic carbocycles. The molecule has 1 aliphatic heterocycles. The summed E-state index contributed by atoms with van der Waals surface area (Å²) in [4.78, 5) is 14.0. The molecule has 1 heterocycles. The van der Waals surface area contributed by atoms with Crippen molar-refractivity contribution in [3.05, 3.63) is 64.7 Å². The molecule has 0 aromatic heterocycles. The molecule has 3 aromatic carbocycles. The number of benzene rings is 3. The van der Waals surface area contributed by atoms with E-state index in [0.29, 0.717) is 11.8 Å². The van der Waals surface area contributed by atoms with Crippen molar-refractivity contribution in [3.63, 3.8) is 0 Å². The molecule has 0 saturated heterocycles. The number of carbonyl (C=O) groups is 1. The highest BCUT2D eigenvalue weighted by Gasteiger charge is 2.23. The Balaban J connectivity index is 1.91. The maximum Gasteiger partial charge on any atom is 0.253 e. The highest BCUT2D eigenvalue weighted by molar-refractivity contribution is 7.86. The first kappa shape index (κ1) is 23.8. The largest absolute Gasteiger partial charge is 0.505 e. The zero-order valence-electron chi connectivity index (χ0n) is 18.0. The van der Waals surface area contributed by atoms with Crippen molar-refractivity contribution in [2.45, 2.75) is 4.90 Å². The predicted molar refractivity (Wildman–Crippen MR) is 124 cm³/mol. The molecule has 4 bridgehead atoms. The van der Waals surface area contributed by atoms with Gasteiger partial charge >= 0.3 is 0 Å². The van der Waals surface area contributed by atoms with Crippen LogP contribution >= 0.6 is 11.6 Å². The smallest absolute Gasteiger partial charge is 0.253 e. The molecule has 0 radical (unpaired) electrons. The number of aromatic hydroxyl groups is 1. The molecular formula is C23H19ClF2N2O5S. The van der Waals surface area contributed by atoms with Gasteiger partial charge in [0, 0.05) is 29.8 Å². The Labute approximate surface area is 201 Å². The summed E-state index contributed by atoms with van der Waals surface area (Å²) >= 11 is 6.05. The molecule has 2 N–H and O–H groups in total.